The van der Waals surface area contributed by atoms with Crippen molar-refractivity contribution >= 4 is 11.8 Å². The van der Waals surface area contributed by atoms with Crippen LogP contribution in [0.25, 0.3) is 0 Å². The summed E-state index contributed by atoms with van der Waals surface area (Å²) >= 11 is 0. The van der Waals surface area contributed by atoms with Gasteiger partial charge in [-0.15, -0.1) is 0 Å². The van der Waals surface area contributed by atoms with Crippen LogP contribution < -0.4 is 11.5 Å². The Morgan fingerprint density at radius 2 is 1.96 bits per heavy atom. The van der Waals surface area contributed by atoms with Gasteiger partial charge in [-0.2, -0.15) is 0 Å². The zero-order chi connectivity index (χ0) is 17.5. The normalized spacial score (nSPS) is 18.0. The number of carbonyl (C=O) groups is 2. The van der Waals surface area contributed by atoms with Gasteiger partial charge in [0.1, 0.15) is 0 Å². The van der Waals surface area contributed by atoms with E-state index in [2.05, 4.69) is 4.98 Å². The first-order valence-electron chi connectivity index (χ1n) is 8.70. The molecule has 0 spiro atoms. The molecule has 1 aromatic rings. The van der Waals surface area contributed by atoms with Gasteiger partial charge in [0.05, 0.1) is 17.4 Å². The number of aliphatic hydroxyl groups excluding tert-OH is 1. The third kappa shape index (κ3) is 5.03. The molecule has 0 bridgehead atoms. The number of carbonyl (C=O) groups excluding carboxylic acids is 2. The summed E-state index contributed by atoms with van der Waals surface area (Å²) < 4.78 is 0. The molecule has 0 aliphatic heterocycles. The second-order valence-corrected chi connectivity index (χ2v) is 6.70. The average Bonchev–Trinajstić information content (AvgIpc) is 2.58. The van der Waals surface area contributed by atoms with E-state index in [1.165, 1.54) is 6.42 Å². The molecule has 1 aliphatic carbocycles. The quantitative estimate of drug-likeness (QED) is 0.668. The van der Waals surface area contributed by atoms with E-state index in [0.29, 0.717) is 30.5 Å². The fourth-order valence-corrected chi connectivity index (χ4v) is 3.65. The average molecular weight is 333 g/mol. The lowest BCUT2D eigenvalue weighted by Gasteiger charge is -2.29. The van der Waals surface area contributed by atoms with Crippen LogP contribution in [0.4, 0.5) is 0 Å². The van der Waals surface area contributed by atoms with Gasteiger partial charge >= 0.3 is 0 Å². The molecule has 1 aromatic heterocycles. The van der Waals surface area contributed by atoms with Crippen molar-refractivity contribution in [2.45, 2.75) is 57.5 Å². The molecule has 1 saturated carbocycles. The number of aliphatic hydroxyl groups is 1. The molecule has 2 rings (SSSR count). The lowest BCUT2D eigenvalue weighted by molar-refractivity contribution is -0.125. The smallest absolute Gasteiger partial charge is 0.250 e. The molecule has 2 atom stereocenters. The van der Waals surface area contributed by atoms with Crippen LogP contribution in [0.15, 0.2) is 18.3 Å². The maximum atomic E-state index is 11.8. The van der Waals surface area contributed by atoms with Gasteiger partial charge in [-0.3, -0.25) is 14.6 Å². The maximum absolute atomic E-state index is 11.8. The molecular weight excluding hydrogens is 306 g/mol. The highest BCUT2D eigenvalue weighted by molar-refractivity contribution is 5.93. The van der Waals surface area contributed by atoms with Crippen molar-refractivity contribution in [1.29, 1.82) is 0 Å². The molecule has 6 nitrogen and oxygen atoms in total. The molecule has 6 heteroatoms. The first-order valence-corrected chi connectivity index (χ1v) is 8.70. The fourth-order valence-electron chi connectivity index (χ4n) is 3.65. The summed E-state index contributed by atoms with van der Waals surface area (Å²) in [6, 6.07) is 3.29. The number of nitrogens with two attached hydrogens (primary N) is 2. The van der Waals surface area contributed by atoms with E-state index in [-0.39, 0.29) is 17.7 Å². The Balaban J connectivity index is 1.92. The number of hydrogen-bond acceptors (Lipinski definition) is 4. The Hall–Kier alpha value is -1.95. The Morgan fingerprint density at radius 1 is 1.25 bits per heavy atom. The van der Waals surface area contributed by atoms with E-state index in [4.69, 9.17) is 11.5 Å². The summed E-state index contributed by atoms with van der Waals surface area (Å²) in [5.74, 6) is -0.844. The fraction of sp³-hybridized carbons (Fsp3) is 0.611. The van der Waals surface area contributed by atoms with E-state index in [1.807, 2.05) is 0 Å². The summed E-state index contributed by atoms with van der Waals surface area (Å²) in [6.45, 7) is 0. The first kappa shape index (κ1) is 18.4. The number of amides is 2. The number of aromatic nitrogens is 1. The molecule has 0 radical (unpaired) electrons. The van der Waals surface area contributed by atoms with Crippen LogP contribution in [-0.2, 0) is 11.2 Å². The predicted octanol–water partition coefficient (Wildman–Crippen LogP) is 1.55. The van der Waals surface area contributed by atoms with E-state index >= 15 is 0 Å². The molecule has 2 amide bonds. The third-order valence-corrected chi connectivity index (χ3v) is 4.98. The van der Waals surface area contributed by atoms with Gasteiger partial charge in [0.2, 0.25) is 5.91 Å². The predicted molar refractivity (Wildman–Crippen MR) is 91.0 cm³/mol. The van der Waals surface area contributed by atoms with Gasteiger partial charge in [-0.05, 0) is 50.2 Å². The van der Waals surface area contributed by atoms with Crippen molar-refractivity contribution in [3.63, 3.8) is 0 Å². The number of aryl methyl sites for hydroxylation is 1. The third-order valence-electron chi connectivity index (χ3n) is 4.98. The van der Waals surface area contributed by atoms with E-state index in [9.17, 15) is 14.7 Å². The number of primary amides is 2. The Kier molecular flexibility index (Phi) is 6.73. The van der Waals surface area contributed by atoms with Gasteiger partial charge in [0, 0.05) is 12.1 Å². The summed E-state index contributed by atoms with van der Waals surface area (Å²) in [5.41, 5.74) is 11.9. The summed E-state index contributed by atoms with van der Waals surface area (Å²) in [5, 5.41) is 10.3. The largest absolute Gasteiger partial charge is 0.393 e. The molecule has 0 aromatic carbocycles. The van der Waals surface area contributed by atoms with Gasteiger partial charge in [0.25, 0.3) is 5.91 Å². The first-order chi connectivity index (χ1) is 11.5. The zero-order valence-corrected chi connectivity index (χ0v) is 14.0. The number of hydrogen-bond donors (Lipinski definition) is 3. The highest BCUT2D eigenvalue weighted by Crippen LogP contribution is 2.32. The molecule has 1 aliphatic rings. The second-order valence-electron chi connectivity index (χ2n) is 6.70. The van der Waals surface area contributed by atoms with Crippen LogP contribution >= 0.6 is 0 Å². The Morgan fingerprint density at radius 3 is 2.58 bits per heavy atom. The minimum atomic E-state index is -0.646. The monoisotopic (exact) mass is 333 g/mol. The lowest BCUT2D eigenvalue weighted by Crippen LogP contribution is -2.34. The van der Waals surface area contributed by atoms with E-state index in [1.54, 1.807) is 18.3 Å². The minimum Gasteiger partial charge on any atom is -0.393 e. The zero-order valence-electron chi connectivity index (χ0n) is 14.0. The van der Waals surface area contributed by atoms with Crippen molar-refractivity contribution in [2.24, 2.45) is 23.3 Å². The number of nitrogens with zero attached hydrogens (tertiary/aromatic N) is 1. The molecule has 5 N–H and O–H groups in total. The lowest BCUT2D eigenvalue weighted by atomic mass is 9.77. The molecule has 2 unspecified atom stereocenters. The van der Waals surface area contributed by atoms with Crippen molar-refractivity contribution in [3.8, 4) is 0 Å². The highest BCUT2D eigenvalue weighted by Gasteiger charge is 2.29. The van der Waals surface area contributed by atoms with Crippen LogP contribution in [0.3, 0.4) is 0 Å². The molecule has 1 fully saturated rings. The number of pyridine rings is 1. The van der Waals surface area contributed by atoms with Gasteiger partial charge in [0.15, 0.2) is 0 Å². The van der Waals surface area contributed by atoms with E-state index in [0.717, 1.165) is 25.7 Å². The van der Waals surface area contributed by atoms with Crippen molar-refractivity contribution in [2.75, 3.05) is 0 Å². The van der Waals surface area contributed by atoms with Crippen molar-refractivity contribution in [3.05, 3.63) is 29.6 Å². The topological polar surface area (TPSA) is 119 Å². The van der Waals surface area contributed by atoms with Gasteiger partial charge in [-0.25, -0.2) is 0 Å². The Labute approximate surface area is 142 Å². The van der Waals surface area contributed by atoms with Crippen molar-refractivity contribution < 1.29 is 14.7 Å². The maximum Gasteiger partial charge on any atom is 0.250 e. The summed E-state index contributed by atoms with van der Waals surface area (Å²) in [7, 11) is 0. The van der Waals surface area contributed by atoms with Gasteiger partial charge < -0.3 is 16.6 Å². The molecule has 1 heterocycles. The highest BCUT2D eigenvalue weighted by atomic mass is 16.3. The molecule has 132 valence electrons. The summed E-state index contributed by atoms with van der Waals surface area (Å²) in [6.07, 6.45) is 7.66. The van der Waals surface area contributed by atoms with Crippen LogP contribution in [-0.4, -0.2) is 28.0 Å². The molecule has 24 heavy (non-hydrogen) atoms. The summed E-state index contributed by atoms with van der Waals surface area (Å²) in [4.78, 5) is 27.4. The van der Waals surface area contributed by atoms with Gasteiger partial charge in [-0.1, -0.05) is 19.3 Å². The van der Waals surface area contributed by atoms with Crippen LogP contribution in [0.2, 0.25) is 0 Å². The van der Waals surface area contributed by atoms with Crippen LogP contribution in [0.5, 0.6) is 0 Å². The minimum absolute atomic E-state index is 0.278. The van der Waals surface area contributed by atoms with Crippen LogP contribution in [0, 0.1) is 11.8 Å². The second kappa shape index (κ2) is 8.78. The molecule has 0 saturated heterocycles. The molecular formula is C18H27N3O3. The number of rotatable bonds is 8. The SMILES string of the molecule is NC(=O)c1cccnc1CCC(O)CC(C(N)=O)C1CCCCC1. The van der Waals surface area contributed by atoms with Crippen molar-refractivity contribution in [1.82, 2.24) is 4.98 Å². The van der Waals surface area contributed by atoms with E-state index < -0.39 is 12.0 Å². The Bertz CT molecular complexity index is 570. The van der Waals surface area contributed by atoms with Crippen LogP contribution in [0.1, 0.15) is 61.0 Å². The standard InChI is InChI=1S/C18H27N3O3/c19-17(23)14-7-4-10-21-16(14)9-8-13(22)11-15(18(20)24)12-5-2-1-3-6-12/h4,7,10,12-13,15,22H,1-3,5-6,8-9,11H2,(H2,19,23)(H2,20,24).